The molecule has 0 saturated carbocycles. The maximum Gasteiger partial charge on any atom is 0.152 e. The van der Waals surface area contributed by atoms with E-state index in [-0.39, 0.29) is 12.0 Å². The molecule has 0 aliphatic heterocycles. The predicted octanol–water partition coefficient (Wildman–Crippen LogP) is 2.82. The van der Waals surface area contributed by atoms with Crippen LogP contribution in [0.1, 0.15) is 33.3 Å². The Hall–Kier alpha value is -1.15. The highest BCUT2D eigenvalue weighted by molar-refractivity contribution is 5.86. The quantitative estimate of drug-likeness (QED) is 0.818. The van der Waals surface area contributed by atoms with E-state index in [1.807, 2.05) is 32.0 Å². The first-order valence-corrected chi connectivity index (χ1v) is 6.34. The maximum absolute atomic E-state index is 12.1. The van der Waals surface area contributed by atoms with E-state index in [1.54, 1.807) is 0 Å². The fourth-order valence-electron chi connectivity index (χ4n) is 1.90. The van der Waals surface area contributed by atoms with E-state index in [9.17, 15) is 4.79 Å². The maximum atomic E-state index is 12.1. The van der Waals surface area contributed by atoms with Crippen LogP contribution < -0.4 is 5.32 Å². The number of rotatable bonds is 6. The molecule has 2 heteroatoms. The highest BCUT2D eigenvalue weighted by Crippen LogP contribution is 2.09. The Morgan fingerprint density at radius 1 is 1.12 bits per heavy atom. The molecule has 17 heavy (non-hydrogen) atoms. The number of ketones is 1. The lowest BCUT2D eigenvalue weighted by atomic mass is 9.95. The van der Waals surface area contributed by atoms with Crippen molar-refractivity contribution in [3.05, 3.63) is 35.9 Å². The van der Waals surface area contributed by atoms with E-state index >= 15 is 0 Å². The molecular weight excluding hydrogens is 210 g/mol. The van der Waals surface area contributed by atoms with Gasteiger partial charge in [-0.3, -0.25) is 4.79 Å². The average Bonchev–Trinajstić information content (AvgIpc) is 2.28. The van der Waals surface area contributed by atoms with Gasteiger partial charge in [-0.25, -0.2) is 0 Å². The van der Waals surface area contributed by atoms with Gasteiger partial charge in [0.25, 0.3) is 0 Å². The average molecular weight is 233 g/mol. The van der Waals surface area contributed by atoms with Crippen LogP contribution in [0.25, 0.3) is 0 Å². The van der Waals surface area contributed by atoms with Crippen LogP contribution in [0.5, 0.6) is 0 Å². The summed E-state index contributed by atoms with van der Waals surface area (Å²) in [6.45, 7) is 8.07. The fourth-order valence-corrected chi connectivity index (χ4v) is 1.90. The molecule has 0 bridgehead atoms. The second kappa shape index (κ2) is 6.55. The molecule has 1 rings (SSSR count). The van der Waals surface area contributed by atoms with Crippen LogP contribution in [-0.2, 0) is 11.2 Å². The fraction of sp³-hybridized carbons (Fsp3) is 0.533. The topological polar surface area (TPSA) is 29.1 Å². The van der Waals surface area contributed by atoms with Crippen LogP contribution >= 0.6 is 0 Å². The van der Waals surface area contributed by atoms with Crippen LogP contribution in [-0.4, -0.2) is 17.9 Å². The minimum Gasteiger partial charge on any atom is -0.305 e. The van der Waals surface area contributed by atoms with Gasteiger partial charge in [0.05, 0.1) is 6.04 Å². The van der Waals surface area contributed by atoms with Gasteiger partial charge >= 0.3 is 0 Å². The smallest absolute Gasteiger partial charge is 0.152 e. The number of hydrogen-bond acceptors (Lipinski definition) is 2. The molecule has 0 aliphatic rings. The van der Waals surface area contributed by atoms with E-state index in [2.05, 4.69) is 31.3 Å². The predicted molar refractivity (Wildman–Crippen MR) is 72.1 cm³/mol. The molecule has 94 valence electrons. The molecule has 0 aromatic heterocycles. The SMILES string of the molecule is CC(C)NC(Cc1ccccc1)C(=O)C(C)C. The van der Waals surface area contributed by atoms with Crippen LogP contribution in [0.3, 0.4) is 0 Å². The van der Waals surface area contributed by atoms with Crippen LogP contribution in [0.4, 0.5) is 0 Å². The van der Waals surface area contributed by atoms with E-state index in [1.165, 1.54) is 5.56 Å². The van der Waals surface area contributed by atoms with Crippen LogP contribution in [0, 0.1) is 5.92 Å². The van der Waals surface area contributed by atoms with Gasteiger partial charge in [-0.1, -0.05) is 58.0 Å². The largest absolute Gasteiger partial charge is 0.305 e. The van der Waals surface area contributed by atoms with Crippen molar-refractivity contribution in [2.24, 2.45) is 5.92 Å². The van der Waals surface area contributed by atoms with Gasteiger partial charge in [0.2, 0.25) is 0 Å². The van der Waals surface area contributed by atoms with Gasteiger partial charge in [0, 0.05) is 12.0 Å². The summed E-state index contributed by atoms with van der Waals surface area (Å²) in [5, 5.41) is 3.36. The Morgan fingerprint density at radius 3 is 2.18 bits per heavy atom. The van der Waals surface area contributed by atoms with Crippen molar-refractivity contribution in [3.8, 4) is 0 Å². The van der Waals surface area contributed by atoms with Crippen molar-refractivity contribution in [2.75, 3.05) is 0 Å². The number of carbonyl (C=O) groups is 1. The van der Waals surface area contributed by atoms with E-state index in [0.717, 1.165) is 6.42 Å². The molecule has 1 aromatic carbocycles. The summed E-state index contributed by atoms with van der Waals surface area (Å²) in [7, 11) is 0. The Morgan fingerprint density at radius 2 is 1.71 bits per heavy atom. The Labute approximate surface area is 104 Å². The van der Waals surface area contributed by atoms with Crippen LogP contribution in [0.15, 0.2) is 30.3 Å². The number of carbonyl (C=O) groups excluding carboxylic acids is 1. The molecule has 0 heterocycles. The first-order chi connectivity index (χ1) is 8.00. The molecular formula is C15H23NO. The molecule has 1 aromatic rings. The molecule has 0 spiro atoms. The normalized spacial score (nSPS) is 13.1. The lowest BCUT2D eigenvalue weighted by Crippen LogP contribution is -2.44. The van der Waals surface area contributed by atoms with Crippen molar-refractivity contribution in [1.29, 1.82) is 0 Å². The minimum absolute atomic E-state index is 0.0719. The molecule has 0 saturated heterocycles. The number of Topliss-reactive ketones (excluding diaryl/α,β-unsaturated/α-hetero) is 1. The third-order valence-electron chi connectivity index (χ3n) is 2.73. The van der Waals surface area contributed by atoms with Gasteiger partial charge in [0.1, 0.15) is 0 Å². The summed E-state index contributed by atoms with van der Waals surface area (Å²) in [5.41, 5.74) is 1.21. The summed E-state index contributed by atoms with van der Waals surface area (Å²) >= 11 is 0. The molecule has 0 radical (unpaired) electrons. The van der Waals surface area contributed by atoms with E-state index in [4.69, 9.17) is 0 Å². The lowest BCUT2D eigenvalue weighted by molar-refractivity contribution is -0.124. The highest BCUT2D eigenvalue weighted by atomic mass is 16.1. The van der Waals surface area contributed by atoms with E-state index in [0.29, 0.717) is 11.8 Å². The second-order valence-corrected chi connectivity index (χ2v) is 5.12. The molecule has 0 amide bonds. The molecule has 1 atom stereocenters. The first-order valence-electron chi connectivity index (χ1n) is 6.34. The van der Waals surface area contributed by atoms with Crippen molar-refractivity contribution >= 4 is 5.78 Å². The lowest BCUT2D eigenvalue weighted by Gasteiger charge is -2.22. The molecule has 0 fully saturated rings. The molecule has 1 unspecified atom stereocenters. The minimum atomic E-state index is -0.0719. The molecule has 0 aliphatic carbocycles. The van der Waals surface area contributed by atoms with Crippen molar-refractivity contribution in [2.45, 2.75) is 46.2 Å². The Bertz CT molecular complexity index is 343. The zero-order valence-electron chi connectivity index (χ0n) is 11.2. The number of hydrogen-bond donors (Lipinski definition) is 1. The van der Waals surface area contributed by atoms with Gasteiger partial charge in [0.15, 0.2) is 5.78 Å². The summed E-state index contributed by atoms with van der Waals surface area (Å²) in [5.74, 6) is 0.373. The van der Waals surface area contributed by atoms with Gasteiger partial charge < -0.3 is 5.32 Å². The zero-order chi connectivity index (χ0) is 12.8. The van der Waals surface area contributed by atoms with E-state index < -0.39 is 0 Å². The highest BCUT2D eigenvalue weighted by Gasteiger charge is 2.21. The molecule has 1 N–H and O–H groups in total. The summed E-state index contributed by atoms with van der Waals surface area (Å²) in [4.78, 5) is 12.1. The Balaban J connectivity index is 2.74. The van der Waals surface area contributed by atoms with Gasteiger partial charge in [-0.05, 0) is 12.0 Å². The monoisotopic (exact) mass is 233 g/mol. The third-order valence-corrected chi connectivity index (χ3v) is 2.73. The standard InChI is InChI=1S/C15H23NO/c1-11(2)15(17)14(16-12(3)4)10-13-8-6-5-7-9-13/h5-9,11-12,14,16H,10H2,1-4H3. The summed E-state index contributed by atoms with van der Waals surface area (Å²) in [6.07, 6.45) is 0.774. The Kier molecular flexibility index (Phi) is 5.36. The van der Waals surface area contributed by atoms with Crippen molar-refractivity contribution < 1.29 is 4.79 Å². The summed E-state index contributed by atoms with van der Waals surface area (Å²) in [6, 6.07) is 10.4. The first kappa shape index (κ1) is 13.9. The number of nitrogens with one attached hydrogen (secondary N) is 1. The van der Waals surface area contributed by atoms with Crippen molar-refractivity contribution in [3.63, 3.8) is 0 Å². The second-order valence-electron chi connectivity index (χ2n) is 5.12. The van der Waals surface area contributed by atoms with Gasteiger partial charge in [-0.15, -0.1) is 0 Å². The van der Waals surface area contributed by atoms with Crippen LogP contribution in [0.2, 0.25) is 0 Å². The molecule has 2 nitrogen and oxygen atoms in total. The third kappa shape index (κ3) is 4.70. The van der Waals surface area contributed by atoms with Crippen molar-refractivity contribution in [1.82, 2.24) is 5.32 Å². The summed E-state index contributed by atoms with van der Waals surface area (Å²) < 4.78 is 0. The zero-order valence-corrected chi connectivity index (χ0v) is 11.2. The number of benzene rings is 1. The van der Waals surface area contributed by atoms with Gasteiger partial charge in [-0.2, -0.15) is 0 Å².